The van der Waals surface area contributed by atoms with E-state index in [2.05, 4.69) is 0 Å². The van der Waals surface area contributed by atoms with Crippen LogP contribution in [0, 0.1) is 5.82 Å². The average Bonchev–Trinajstić information content (AvgIpc) is 2.30. The van der Waals surface area contributed by atoms with Crippen molar-refractivity contribution in [3.8, 4) is 0 Å². The fourth-order valence-corrected chi connectivity index (χ4v) is 2.50. The van der Waals surface area contributed by atoms with Gasteiger partial charge in [-0.2, -0.15) is 0 Å². The number of hydrogen-bond donors (Lipinski definition) is 0. The number of halogens is 1. The predicted molar refractivity (Wildman–Crippen MR) is 63.3 cm³/mol. The summed E-state index contributed by atoms with van der Waals surface area (Å²) in [6, 6.07) is 4.89. The lowest BCUT2D eigenvalue weighted by molar-refractivity contribution is -0.143. The van der Waals surface area contributed by atoms with E-state index in [9.17, 15) is 9.18 Å². The van der Waals surface area contributed by atoms with Gasteiger partial charge in [-0.25, -0.2) is 4.39 Å². The Bertz CT molecular complexity index is 415. The fraction of sp³-hybridized carbons (Fsp3) is 0.500. The number of rotatable bonds is 3. The highest BCUT2D eigenvalue weighted by atomic mass is 19.1. The van der Waals surface area contributed by atoms with E-state index in [-0.39, 0.29) is 17.7 Å². The molecular formula is C14H17FO2. The predicted octanol–water partition coefficient (Wildman–Crippen LogP) is 3.20. The molecule has 1 aliphatic carbocycles. The standard InChI is InChI=1S/C14H17FO2/c1-2-17-14(16)8-11-5-3-4-10-6-7-12(15)9-13(10)11/h6-7,9,11H,2-5,8H2,1H3. The van der Waals surface area contributed by atoms with Crippen LogP contribution in [0.2, 0.25) is 0 Å². The third-order valence-corrected chi connectivity index (χ3v) is 3.26. The SMILES string of the molecule is CCOC(=O)CC1CCCc2ccc(F)cc21. The first kappa shape index (κ1) is 12.1. The van der Waals surface area contributed by atoms with Gasteiger partial charge in [0, 0.05) is 0 Å². The van der Waals surface area contributed by atoms with E-state index in [0.717, 1.165) is 24.8 Å². The zero-order chi connectivity index (χ0) is 12.3. The maximum atomic E-state index is 13.2. The van der Waals surface area contributed by atoms with Crippen molar-refractivity contribution in [3.63, 3.8) is 0 Å². The van der Waals surface area contributed by atoms with Crippen LogP contribution in [0.4, 0.5) is 4.39 Å². The molecule has 0 aromatic heterocycles. The number of carbonyl (C=O) groups is 1. The van der Waals surface area contributed by atoms with Crippen molar-refractivity contribution in [2.45, 2.75) is 38.5 Å². The summed E-state index contributed by atoms with van der Waals surface area (Å²) in [4.78, 5) is 11.5. The van der Waals surface area contributed by atoms with Gasteiger partial charge < -0.3 is 4.74 Å². The van der Waals surface area contributed by atoms with Crippen molar-refractivity contribution in [2.75, 3.05) is 6.61 Å². The van der Waals surface area contributed by atoms with Crippen molar-refractivity contribution >= 4 is 5.97 Å². The molecule has 0 fully saturated rings. The van der Waals surface area contributed by atoms with E-state index in [1.165, 1.54) is 11.6 Å². The Morgan fingerprint density at radius 1 is 1.53 bits per heavy atom. The molecule has 0 N–H and O–H groups in total. The Kier molecular flexibility index (Phi) is 3.77. The van der Waals surface area contributed by atoms with Gasteiger partial charge >= 0.3 is 5.97 Å². The average molecular weight is 236 g/mol. The smallest absolute Gasteiger partial charge is 0.306 e. The lowest BCUT2D eigenvalue weighted by atomic mass is 9.81. The van der Waals surface area contributed by atoms with E-state index in [4.69, 9.17) is 4.74 Å². The number of aryl methyl sites for hydroxylation is 1. The van der Waals surface area contributed by atoms with Gasteiger partial charge in [-0.1, -0.05) is 6.07 Å². The molecule has 1 aliphatic rings. The first-order valence-corrected chi connectivity index (χ1v) is 6.14. The number of benzene rings is 1. The first-order chi connectivity index (χ1) is 8.20. The van der Waals surface area contributed by atoms with Crippen LogP contribution in [0.15, 0.2) is 18.2 Å². The number of carbonyl (C=O) groups excluding carboxylic acids is 1. The molecule has 0 saturated carbocycles. The van der Waals surface area contributed by atoms with E-state index in [1.54, 1.807) is 13.0 Å². The number of hydrogen-bond acceptors (Lipinski definition) is 2. The molecule has 2 rings (SSSR count). The summed E-state index contributed by atoms with van der Waals surface area (Å²) in [6.07, 6.45) is 3.34. The molecule has 1 aromatic carbocycles. The molecule has 0 spiro atoms. The molecule has 0 bridgehead atoms. The van der Waals surface area contributed by atoms with Crippen LogP contribution < -0.4 is 0 Å². The number of fused-ring (bicyclic) bond motifs is 1. The molecule has 92 valence electrons. The van der Waals surface area contributed by atoms with Gasteiger partial charge in [-0.15, -0.1) is 0 Å². The quantitative estimate of drug-likeness (QED) is 0.753. The van der Waals surface area contributed by atoms with Crippen LogP contribution in [0.3, 0.4) is 0 Å². The van der Waals surface area contributed by atoms with Gasteiger partial charge in [-0.05, 0) is 55.4 Å². The van der Waals surface area contributed by atoms with Crippen LogP contribution in [-0.4, -0.2) is 12.6 Å². The van der Waals surface area contributed by atoms with Gasteiger partial charge in [-0.3, -0.25) is 4.79 Å². The Balaban J connectivity index is 2.16. The summed E-state index contributed by atoms with van der Waals surface area (Å²) in [5, 5.41) is 0. The second-order valence-electron chi connectivity index (χ2n) is 4.44. The molecule has 1 atom stereocenters. The third kappa shape index (κ3) is 2.84. The van der Waals surface area contributed by atoms with Crippen molar-refractivity contribution in [1.82, 2.24) is 0 Å². The summed E-state index contributed by atoms with van der Waals surface area (Å²) >= 11 is 0. The molecule has 0 aliphatic heterocycles. The van der Waals surface area contributed by atoms with Crippen LogP contribution in [-0.2, 0) is 16.0 Å². The maximum Gasteiger partial charge on any atom is 0.306 e. The Morgan fingerprint density at radius 2 is 2.35 bits per heavy atom. The largest absolute Gasteiger partial charge is 0.466 e. The molecule has 3 heteroatoms. The minimum Gasteiger partial charge on any atom is -0.466 e. The summed E-state index contributed by atoms with van der Waals surface area (Å²) in [5.41, 5.74) is 2.16. The lowest BCUT2D eigenvalue weighted by Gasteiger charge is -2.24. The van der Waals surface area contributed by atoms with E-state index < -0.39 is 0 Å². The van der Waals surface area contributed by atoms with Crippen molar-refractivity contribution in [3.05, 3.63) is 35.1 Å². The maximum absolute atomic E-state index is 13.2. The molecule has 0 amide bonds. The molecular weight excluding hydrogens is 219 g/mol. The van der Waals surface area contributed by atoms with Crippen molar-refractivity contribution < 1.29 is 13.9 Å². The van der Waals surface area contributed by atoms with Gasteiger partial charge in [0.1, 0.15) is 5.82 Å². The molecule has 17 heavy (non-hydrogen) atoms. The van der Waals surface area contributed by atoms with E-state index in [1.807, 2.05) is 6.07 Å². The van der Waals surface area contributed by atoms with Crippen LogP contribution in [0.1, 0.15) is 43.2 Å². The molecule has 2 nitrogen and oxygen atoms in total. The number of esters is 1. The topological polar surface area (TPSA) is 26.3 Å². The fourth-order valence-electron chi connectivity index (χ4n) is 2.50. The van der Waals surface area contributed by atoms with Crippen LogP contribution in [0.25, 0.3) is 0 Å². The molecule has 0 radical (unpaired) electrons. The van der Waals surface area contributed by atoms with E-state index in [0.29, 0.717) is 13.0 Å². The van der Waals surface area contributed by atoms with Crippen LogP contribution in [0.5, 0.6) is 0 Å². The first-order valence-electron chi connectivity index (χ1n) is 6.14. The highest BCUT2D eigenvalue weighted by Crippen LogP contribution is 2.34. The van der Waals surface area contributed by atoms with Crippen molar-refractivity contribution in [1.29, 1.82) is 0 Å². The van der Waals surface area contributed by atoms with E-state index >= 15 is 0 Å². The Morgan fingerprint density at radius 3 is 3.12 bits per heavy atom. The minimum atomic E-state index is -0.223. The molecule has 0 heterocycles. The molecule has 1 aromatic rings. The van der Waals surface area contributed by atoms with Crippen LogP contribution >= 0.6 is 0 Å². The highest BCUT2D eigenvalue weighted by Gasteiger charge is 2.23. The van der Waals surface area contributed by atoms with Gasteiger partial charge in [0.05, 0.1) is 13.0 Å². The summed E-state index contributed by atoms with van der Waals surface area (Å²) < 4.78 is 18.2. The summed E-state index contributed by atoms with van der Waals surface area (Å²) in [7, 11) is 0. The van der Waals surface area contributed by atoms with Crippen molar-refractivity contribution in [2.24, 2.45) is 0 Å². The van der Waals surface area contributed by atoms with Gasteiger partial charge in [0.2, 0.25) is 0 Å². The van der Waals surface area contributed by atoms with Gasteiger partial charge in [0.25, 0.3) is 0 Å². The highest BCUT2D eigenvalue weighted by molar-refractivity contribution is 5.70. The normalized spacial score (nSPS) is 18.6. The Labute approximate surface area is 101 Å². The number of ether oxygens (including phenoxy) is 1. The second kappa shape index (κ2) is 5.30. The second-order valence-corrected chi connectivity index (χ2v) is 4.44. The lowest BCUT2D eigenvalue weighted by Crippen LogP contribution is -2.15. The third-order valence-electron chi connectivity index (χ3n) is 3.26. The zero-order valence-corrected chi connectivity index (χ0v) is 10.0. The Hall–Kier alpha value is -1.38. The summed E-state index contributed by atoms with van der Waals surface area (Å²) in [5.74, 6) is -0.289. The molecule has 1 unspecified atom stereocenters. The minimum absolute atomic E-state index is 0.119. The monoisotopic (exact) mass is 236 g/mol. The zero-order valence-electron chi connectivity index (χ0n) is 10.0. The summed E-state index contributed by atoms with van der Waals surface area (Å²) in [6.45, 7) is 2.20. The van der Waals surface area contributed by atoms with Gasteiger partial charge in [0.15, 0.2) is 0 Å². The molecule has 0 saturated heterocycles.